The van der Waals surface area contributed by atoms with Gasteiger partial charge in [-0.15, -0.1) is 0 Å². The highest BCUT2D eigenvalue weighted by Crippen LogP contribution is 2.29. The van der Waals surface area contributed by atoms with Crippen LogP contribution in [-0.4, -0.2) is 25.7 Å². The first-order valence-electron chi connectivity index (χ1n) is 9.44. The van der Waals surface area contributed by atoms with E-state index in [2.05, 4.69) is 87.5 Å². The fourth-order valence-corrected chi connectivity index (χ4v) is 3.84. The zero-order valence-corrected chi connectivity index (χ0v) is 16.7. The highest BCUT2D eigenvalue weighted by Gasteiger charge is 2.13. The summed E-state index contributed by atoms with van der Waals surface area (Å²) in [5.41, 5.74) is 4.56. The van der Waals surface area contributed by atoms with Crippen LogP contribution in [0.5, 0.6) is 0 Å². The average molecular weight is 398 g/mol. The summed E-state index contributed by atoms with van der Waals surface area (Å²) in [7, 11) is 0. The third kappa shape index (κ3) is 3.17. The summed E-state index contributed by atoms with van der Waals surface area (Å²) in [6.45, 7) is 2.63. The van der Waals surface area contributed by atoms with Crippen molar-refractivity contribution in [3.8, 4) is 0 Å². The number of nitrogens with one attached hydrogen (secondary N) is 1. The molecule has 0 amide bonds. The molecule has 3 aromatic carbocycles. The number of hydrogen-bond acceptors (Lipinski definition) is 3. The summed E-state index contributed by atoms with van der Waals surface area (Å²) in [4.78, 5) is 0. The van der Waals surface area contributed by atoms with E-state index in [-0.39, 0.29) is 0 Å². The minimum atomic E-state index is 0.476. The Labute approximate surface area is 172 Å². The molecule has 0 unspecified atom stereocenters. The Kier molecular flexibility index (Phi) is 4.33. The van der Waals surface area contributed by atoms with Gasteiger partial charge >= 0.3 is 0 Å². The molecule has 2 heterocycles. The zero-order chi connectivity index (χ0) is 19.8. The maximum absolute atomic E-state index is 5.42. The Hall–Kier alpha value is -3.51. The van der Waals surface area contributed by atoms with Gasteiger partial charge in [0.1, 0.15) is 0 Å². The quantitative estimate of drug-likeness (QED) is 0.331. The molecule has 0 spiro atoms. The van der Waals surface area contributed by atoms with Crippen molar-refractivity contribution in [2.45, 2.75) is 13.5 Å². The molecule has 1 N–H and O–H groups in total. The number of nitrogens with zero attached hydrogens (tertiary/aromatic N) is 4. The summed E-state index contributed by atoms with van der Waals surface area (Å²) in [5.74, 6) is 0.755. The number of benzene rings is 3. The fraction of sp³-hybridized carbons (Fsp3) is 0.0870. The van der Waals surface area contributed by atoms with Crippen LogP contribution in [0.25, 0.3) is 21.8 Å². The normalized spacial score (nSPS) is 11.8. The number of para-hydroxylation sites is 2. The minimum absolute atomic E-state index is 0.476. The van der Waals surface area contributed by atoms with Crippen molar-refractivity contribution in [3.63, 3.8) is 0 Å². The lowest BCUT2D eigenvalue weighted by molar-refractivity contribution is 0.716. The largest absolute Gasteiger partial charge is 0.333 e. The first-order valence-corrected chi connectivity index (χ1v) is 9.85. The number of aryl methyl sites for hydroxylation is 1. The molecule has 142 valence electrons. The van der Waals surface area contributed by atoms with Crippen LogP contribution in [0.4, 0.5) is 0 Å². The Morgan fingerprint density at radius 2 is 1.55 bits per heavy atom. The summed E-state index contributed by atoms with van der Waals surface area (Å²) in [6.07, 6.45) is 1.81. The lowest BCUT2D eigenvalue weighted by Gasteiger charge is -2.07. The second-order valence-corrected chi connectivity index (χ2v) is 7.42. The predicted octanol–water partition coefficient (Wildman–Crippen LogP) is 5.29. The van der Waals surface area contributed by atoms with Crippen LogP contribution in [-0.2, 0) is 6.54 Å². The molecule has 0 atom stereocenters. The molecule has 0 aliphatic heterocycles. The molecule has 0 bridgehead atoms. The SMILES string of the molecule is Cc1ccc(/C=N/n2c(Cn3c4ccccc4c4ccccc43)n[nH]c2=S)cc1. The van der Waals surface area contributed by atoms with Crippen LogP contribution in [0, 0.1) is 11.7 Å². The molecule has 2 aromatic heterocycles. The van der Waals surface area contributed by atoms with Gasteiger partial charge in [-0.3, -0.25) is 5.10 Å². The molecule has 5 nitrogen and oxygen atoms in total. The first-order chi connectivity index (χ1) is 14.2. The van der Waals surface area contributed by atoms with Gasteiger partial charge in [-0.05, 0) is 36.8 Å². The fourth-order valence-electron chi connectivity index (χ4n) is 3.64. The molecule has 0 aliphatic carbocycles. The van der Waals surface area contributed by atoms with E-state index < -0.39 is 0 Å². The van der Waals surface area contributed by atoms with E-state index in [1.165, 1.54) is 16.3 Å². The summed E-state index contributed by atoms with van der Waals surface area (Å²) in [5, 5.41) is 14.4. The average Bonchev–Trinajstić information content (AvgIpc) is 3.26. The molecule has 29 heavy (non-hydrogen) atoms. The van der Waals surface area contributed by atoms with Gasteiger partial charge in [0.15, 0.2) is 5.82 Å². The number of aromatic amines is 1. The highest BCUT2D eigenvalue weighted by molar-refractivity contribution is 7.71. The van der Waals surface area contributed by atoms with Crippen molar-refractivity contribution in [2.75, 3.05) is 0 Å². The van der Waals surface area contributed by atoms with Crippen molar-refractivity contribution in [2.24, 2.45) is 5.10 Å². The Morgan fingerprint density at radius 3 is 2.21 bits per heavy atom. The molecule has 0 saturated carbocycles. The number of fused-ring (bicyclic) bond motifs is 3. The Morgan fingerprint density at radius 1 is 0.931 bits per heavy atom. The van der Waals surface area contributed by atoms with Gasteiger partial charge < -0.3 is 4.57 Å². The molecular weight excluding hydrogens is 378 g/mol. The lowest BCUT2D eigenvalue weighted by atomic mass is 10.2. The van der Waals surface area contributed by atoms with E-state index in [0.29, 0.717) is 11.3 Å². The molecule has 0 aliphatic rings. The second-order valence-electron chi connectivity index (χ2n) is 7.03. The number of aromatic nitrogens is 4. The van der Waals surface area contributed by atoms with Crippen molar-refractivity contribution in [1.82, 2.24) is 19.4 Å². The standard InChI is InChI=1S/C23H19N5S/c1-16-10-12-17(13-11-16)14-24-28-22(25-26-23(28)29)15-27-20-8-4-2-6-18(20)19-7-3-5-9-21(19)27/h2-14H,15H2,1H3,(H,26,29)/b24-14+. The van der Waals surface area contributed by atoms with Crippen molar-refractivity contribution >= 4 is 40.2 Å². The van der Waals surface area contributed by atoms with Crippen LogP contribution in [0.2, 0.25) is 0 Å². The van der Waals surface area contributed by atoms with Gasteiger partial charge in [0, 0.05) is 21.8 Å². The third-order valence-corrected chi connectivity index (χ3v) is 5.36. The van der Waals surface area contributed by atoms with Crippen LogP contribution >= 0.6 is 12.2 Å². The van der Waals surface area contributed by atoms with E-state index in [1.807, 2.05) is 12.1 Å². The monoisotopic (exact) mass is 397 g/mol. The second kappa shape index (κ2) is 7.14. The lowest BCUT2D eigenvalue weighted by Crippen LogP contribution is -2.06. The van der Waals surface area contributed by atoms with Crippen molar-refractivity contribution in [3.05, 3.63) is 94.5 Å². The molecule has 0 fully saturated rings. The van der Waals surface area contributed by atoms with Gasteiger partial charge in [-0.1, -0.05) is 66.2 Å². The third-order valence-electron chi connectivity index (χ3n) is 5.10. The van der Waals surface area contributed by atoms with Gasteiger partial charge in [0.25, 0.3) is 0 Å². The van der Waals surface area contributed by atoms with E-state index in [4.69, 9.17) is 12.2 Å². The molecule has 5 rings (SSSR count). The van der Waals surface area contributed by atoms with Crippen molar-refractivity contribution in [1.29, 1.82) is 0 Å². The van der Waals surface area contributed by atoms with Gasteiger partial charge in [-0.2, -0.15) is 14.9 Å². The highest BCUT2D eigenvalue weighted by atomic mass is 32.1. The van der Waals surface area contributed by atoms with E-state index >= 15 is 0 Å². The minimum Gasteiger partial charge on any atom is -0.333 e. The number of H-pyrrole nitrogens is 1. The number of hydrogen-bond donors (Lipinski definition) is 1. The van der Waals surface area contributed by atoms with Crippen LogP contribution < -0.4 is 0 Å². The van der Waals surface area contributed by atoms with E-state index in [1.54, 1.807) is 10.9 Å². The van der Waals surface area contributed by atoms with Gasteiger partial charge in [0.2, 0.25) is 4.77 Å². The first kappa shape index (κ1) is 17.6. The Bertz CT molecular complexity index is 1350. The van der Waals surface area contributed by atoms with Crippen LogP contribution in [0.15, 0.2) is 77.9 Å². The molecule has 0 radical (unpaired) electrons. The van der Waals surface area contributed by atoms with Crippen LogP contribution in [0.3, 0.4) is 0 Å². The molecular formula is C23H19N5S. The van der Waals surface area contributed by atoms with Crippen molar-refractivity contribution < 1.29 is 0 Å². The van der Waals surface area contributed by atoms with Crippen LogP contribution in [0.1, 0.15) is 17.0 Å². The van der Waals surface area contributed by atoms with Gasteiger partial charge in [0.05, 0.1) is 12.8 Å². The van der Waals surface area contributed by atoms with E-state index in [0.717, 1.165) is 22.4 Å². The maximum atomic E-state index is 5.42. The topological polar surface area (TPSA) is 50.9 Å². The van der Waals surface area contributed by atoms with Gasteiger partial charge in [-0.25, -0.2) is 0 Å². The maximum Gasteiger partial charge on any atom is 0.216 e. The molecule has 5 aromatic rings. The summed E-state index contributed by atoms with van der Waals surface area (Å²) < 4.78 is 4.43. The number of rotatable bonds is 4. The predicted molar refractivity (Wildman–Crippen MR) is 120 cm³/mol. The Balaban J connectivity index is 1.58. The van der Waals surface area contributed by atoms with E-state index in [9.17, 15) is 0 Å². The summed E-state index contributed by atoms with van der Waals surface area (Å²) in [6, 6.07) is 25.0. The summed E-state index contributed by atoms with van der Waals surface area (Å²) >= 11 is 5.42. The molecule has 6 heteroatoms. The molecule has 0 saturated heterocycles. The smallest absolute Gasteiger partial charge is 0.216 e. The zero-order valence-electron chi connectivity index (χ0n) is 15.9.